The van der Waals surface area contributed by atoms with Crippen LogP contribution >= 0.6 is 11.3 Å². The van der Waals surface area contributed by atoms with Crippen LogP contribution in [-0.4, -0.2) is 40.2 Å². The normalized spacial score (nSPS) is 11.8. The van der Waals surface area contributed by atoms with Gasteiger partial charge in [-0.05, 0) is 62.4 Å². The molecule has 3 rings (SSSR count). The zero-order valence-electron chi connectivity index (χ0n) is 18.4. The molecule has 8 heteroatoms. The fraction of sp³-hybridized carbons (Fsp3) is 0.292. The molecule has 1 unspecified atom stereocenters. The quantitative estimate of drug-likeness (QED) is 0.385. The summed E-state index contributed by atoms with van der Waals surface area (Å²) in [7, 11) is 0. The molecule has 1 atom stereocenters. The number of halogens is 1. The van der Waals surface area contributed by atoms with Crippen molar-refractivity contribution in [2.75, 3.05) is 6.61 Å². The molecule has 32 heavy (non-hydrogen) atoms. The average Bonchev–Trinajstić information content (AvgIpc) is 3.40. The smallest absolute Gasteiger partial charge is 0.355 e. The highest BCUT2D eigenvalue weighted by molar-refractivity contribution is 7.12. The molecule has 1 amide bonds. The second kappa shape index (κ2) is 9.91. The number of H-pyrrole nitrogens is 1. The number of carbonyl (C=O) groups is 3. The van der Waals surface area contributed by atoms with Gasteiger partial charge in [0.1, 0.15) is 11.5 Å². The van der Waals surface area contributed by atoms with Crippen LogP contribution in [0.4, 0.5) is 4.39 Å². The number of hydrogen-bond donors (Lipinski definition) is 1. The molecule has 0 saturated heterocycles. The Morgan fingerprint density at radius 2 is 1.84 bits per heavy atom. The number of aromatic amines is 1. The van der Waals surface area contributed by atoms with Gasteiger partial charge in [0.25, 0.3) is 5.91 Å². The van der Waals surface area contributed by atoms with Gasteiger partial charge in [-0.3, -0.25) is 9.59 Å². The summed E-state index contributed by atoms with van der Waals surface area (Å²) in [6.07, 6.45) is 0. The maximum absolute atomic E-state index is 13.5. The van der Waals surface area contributed by atoms with E-state index in [1.807, 2.05) is 0 Å². The molecule has 168 valence electrons. The Morgan fingerprint density at radius 1 is 1.16 bits per heavy atom. The molecule has 0 bridgehead atoms. The lowest BCUT2D eigenvalue weighted by molar-refractivity contribution is 0.0518. The lowest BCUT2D eigenvalue weighted by Gasteiger charge is -2.28. The summed E-state index contributed by atoms with van der Waals surface area (Å²) in [5.41, 5.74) is 2.32. The van der Waals surface area contributed by atoms with Gasteiger partial charge in [0.05, 0.1) is 17.5 Å². The van der Waals surface area contributed by atoms with Crippen molar-refractivity contribution in [1.29, 1.82) is 0 Å². The molecule has 0 aliphatic rings. The number of thiophene rings is 1. The van der Waals surface area contributed by atoms with Gasteiger partial charge in [-0.1, -0.05) is 18.2 Å². The minimum Gasteiger partial charge on any atom is -0.461 e. The first kappa shape index (κ1) is 23.4. The highest BCUT2D eigenvalue weighted by Gasteiger charge is 2.32. The van der Waals surface area contributed by atoms with E-state index in [1.165, 1.54) is 28.4 Å². The van der Waals surface area contributed by atoms with E-state index in [9.17, 15) is 18.8 Å². The first-order valence-electron chi connectivity index (χ1n) is 10.2. The van der Waals surface area contributed by atoms with Gasteiger partial charge in [-0.2, -0.15) is 0 Å². The van der Waals surface area contributed by atoms with Crippen molar-refractivity contribution in [2.24, 2.45) is 0 Å². The maximum Gasteiger partial charge on any atom is 0.355 e. The number of benzene rings is 1. The van der Waals surface area contributed by atoms with Crippen molar-refractivity contribution in [1.82, 2.24) is 9.88 Å². The third-order valence-corrected chi connectivity index (χ3v) is 6.13. The summed E-state index contributed by atoms with van der Waals surface area (Å²) >= 11 is 1.29. The van der Waals surface area contributed by atoms with E-state index in [0.717, 1.165) is 0 Å². The Balaban J connectivity index is 1.96. The number of rotatable bonds is 8. The Morgan fingerprint density at radius 3 is 2.44 bits per heavy atom. The fourth-order valence-corrected chi connectivity index (χ4v) is 4.27. The molecule has 2 heterocycles. The van der Waals surface area contributed by atoms with Gasteiger partial charge in [0.2, 0.25) is 0 Å². The molecule has 0 fully saturated rings. The number of amides is 1. The predicted octanol–water partition coefficient (Wildman–Crippen LogP) is 4.92. The monoisotopic (exact) mass is 456 g/mol. The molecule has 1 aromatic carbocycles. The highest BCUT2D eigenvalue weighted by atomic mass is 32.1. The van der Waals surface area contributed by atoms with Crippen LogP contribution in [0.3, 0.4) is 0 Å². The number of hydrogen-bond acceptors (Lipinski definition) is 5. The number of Topliss-reactive ketones (excluding diaryl/α,β-unsaturated/α-hetero) is 1. The largest absolute Gasteiger partial charge is 0.461 e. The number of aryl methyl sites for hydroxylation is 1. The standard InChI is InChI=1S/C24H25FN2O4S/c1-5-31-24(30)21-14(2)20(15(3)26-21)22(28)16(4)27(23(29)19-7-6-12-32-19)13-17-8-10-18(25)11-9-17/h6-12,16,26H,5,13H2,1-4H3. The van der Waals surface area contributed by atoms with Crippen LogP contribution in [0.5, 0.6) is 0 Å². The summed E-state index contributed by atoms with van der Waals surface area (Å²) in [6.45, 7) is 7.12. The van der Waals surface area contributed by atoms with Crippen LogP contribution in [0.2, 0.25) is 0 Å². The topological polar surface area (TPSA) is 79.5 Å². The lowest BCUT2D eigenvalue weighted by atomic mass is 9.99. The molecule has 3 aromatic rings. The number of nitrogens with one attached hydrogen (secondary N) is 1. The van der Waals surface area contributed by atoms with Crippen molar-refractivity contribution in [2.45, 2.75) is 40.3 Å². The summed E-state index contributed by atoms with van der Waals surface area (Å²) in [5, 5.41) is 1.79. The van der Waals surface area contributed by atoms with E-state index >= 15 is 0 Å². The number of esters is 1. The van der Waals surface area contributed by atoms with Crippen LogP contribution in [0.15, 0.2) is 41.8 Å². The molecule has 0 aliphatic heterocycles. The van der Waals surface area contributed by atoms with Crippen LogP contribution in [0.1, 0.15) is 61.2 Å². The summed E-state index contributed by atoms with van der Waals surface area (Å²) in [5.74, 6) is -1.49. The Labute approximate surface area is 190 Å². The van der Waals surface area contributed by atoms with Gasteiger partial charge in [-0.25, -0.2) is 9.18 Å². The van der Waals surface area contributed by atoms with Crippen molar-refractivity contribution < 1.29 is 23.5 Å². The van der Waals surface area contributed by atoms with E-state index in [-0.39, 0.29) is 36.4 Å². The van der Waals surface area contributed by atoms with Gasteiger partial charge in [0.15, 0.2) is 5.78 Å². The third kappa shape index (κ3) is 4.80. The molecule has 0 spiro atoms. The average molecular weight is 457 g/mol. The van der Waals surface area contributed by atoms with E-state index < -0.39 is 12.0 Å². The number of aromatic nitrogens is 1. The highest BCUT2D eigenvalue weighted by Crippen LogP contribution is 2.24. The predicted molar refractivity (Wildman–Crippen MR) is 121 cm³/mol. The SMILES string of the molecule is CCOC(=O)c1[nH]c(C)c(C(=O)C(C)N(Cc2ccc(F)cc2)C(=O)c2cccs2)c1C. The van der Waals surface area contributed by atoms with Crippen molar-refractivity contribution in [3.05, 3.63) is 80.6 Å². The first-order valence-corrected chi connectivity index (χ1v) is 11.1. The van der Waals surface area contributed by atoms with E-state index in [2.05, 4.69) is 4.98 Å². The summed E-state index contributed by atoms with van der Waals surface area (Å²) < 4.78 is 18.4. The van der Waals surface area contributed by atoms with Gasteiger partial charge in [0, 0.05) is 17.8 Å². The molecular weight excluding hydrogens is 431 g/mol. The van der Waals surface area contributed by atoms with Crippen LogP contribution < -0.4 is 0 Å². The van der Waals surface area contributed by atoms with Gasteiger partial charge >= 0.3 is 5.97 Å². The lowest BCUT2D eigenvalue weighted by Crippen LogP contribution is -2.42. The molecular formula is C24H25FN2O4S. The van der Waals surface area contributed by atoms with Gasteiger partial charge < -0.3 is 14.6 Å². The summed E-state index contributed by atoms with van der Waals surface area (Å²) in [4.78, 5) is 43.9. The molecule has 0 radical (unpaired) electrons. The molecule has 1 N–H and O–H groups in total. The molecule has 0 aliphatic carbocycles. The third-order valence-electron chi connectivity index (χ3n) is 5.27. The summed E-state index contributed by atoms with van der Waals surface area (Å²) in [6, 6.07) is 8.47. The van der Waals surface area contributed by atoms with Crippen LogP contribution in [0, 0.1) is 19.7 Å². The number of ketones is 1. The van der Waals surface area contributed by atoms with E-state index in [1.54, 1.807) is 57.3 Å². The Hall–Kier alpha value is -3.26. The van der Waals surface area contributed by atoms with E-state index in [0.29, 0.717) is 27.3 Å². The maximum atomic E-state index is 13.5. The zero-order chi connectivity index (χ0) is 23.4. The number of ether oxygens (including phenoxy) is 1. The Kier molecular flexibility index (Phi) is 7.25. The van der Waals surface area contributed by atoms with E-state index in [4.69, 9.17) is 4.74 Å². The second-order valence-electron chi connectivity index (χ2n) is 7.42. The Bertz CT molecular complexity index is 1120. The minimum absolute atomic E-state index is 0.136. The molecule has 2 aromatic heterocycles. The van der Waals surface area contributed by atoms with Crippen molar-refractivity contribution in [3.63, 3.8) is 0 Å². The second-order valence-corrected chi connectivity index (χ2v) is 8.37. The molecule has 6 nitrogen and oxygen atoms in total. The van der Waals surface area contributed by atoms with Crippen LogP contribution in [-0.2, 0) is 11.3 Å². The number of nitrogens with zero attached hydrogens (tertiary/aromatic N) is 1. The number of carbonyl (C=O) groups excluding carboxylic acids is 3. The minimum atomic E-state index is -0.821. The molecule has 0 saturated carbocycles. The zero-order valence-corrected chi connectivity index (χ0v) is 19.2. The van der Waals surface area contributed by atoms with Crippen LogP contribution in [0.25, 0.3) is 0 Å². The first-order chi connectivity index (χ1) is 15.2. The fourth-order valence-electron chi connectivity index (χ4n) is 3.59. The van der Waals surface area contributed by atoms with Gasteiger partial charge in [-0.15, -0.1) is 11.3 Å². The van der Waals surface area contributed by atoms with Crippen molar-refractivity contribution in [3.8, 4) is 0 Å². The van der Waals surface area contributed by atoms with Crippen molar-refractivity contribution >= 4 is 29.0 Å².